The summed E-state index contributed by atoms with van der Waals surface area (Å²) in [6.07, 6.45) is 25.0. The molecule has 0 saturated carbocycles. The summed E-state index contributed by atoms with van der Waals surface area (Å²) >= 11 is 0. The predicted octanol–water partition coefficient (Wildman–Crippen LogP) is 6.53. The Kier molecular flexibility index (Phi) is 17.7. The molecule has 0 bridgehead atoms. The molecule has 2 heteroatoms. The minimum absolute atomic E-state index is 0.269. The third-order valence-electron chi connectivity index (χ3n) is 3.80. The highest BCUT2D eigenvalue weighted by Gasteiger charge is 1.93. The monoisotopic (exact) mass is 320 g/mol. The first-order valence-corrected chi connectivity index (χ1v) is 9.42. The van der Waals surface area contributed by atoms with E-state index in [2.05, 4.69) is 19.6 Å². The highest BCUT2D eigenvalue weighted by atomic mass is 16.5. The van der Waals surface area contributed by atoms with E-state index >= 15 is 0 Å². The molecule has 0 aliphatic rings. The molecule has 0 heterocycles. The van der Waals surface area contributed by atoms with Crippen molar-refractivity contribution in [2.45, 2.75) is 84.0 Å². The summed E-state index contributed by atoms with van der Waals surface area (Å²) in [6, 6.07) is 0. The zero-order chi connectivity index (χ0) is 17.0. The number of carbonyl (C=O) groups is 1. The average molecular weight is 321 g/mol. The van der Waals surface area contributed by atoms with Crippen molar-refractivity contribution in [2.24, 2.45) is 0 Å². The van der Waals surface area contributed by atoms with Crippen molar-refractivity contribution in [3.63, 3.8) is 0 Å². The molecule has 0 saturated heterocycles. The third kappa shape index (κ3) is 18.6. The second-order valence-electron chi connectivity index (χ2n) is 6.03. The van der Waals surface area contributed by atoms with Crippen LogP contribution in [0.15, 0.2) is 37.0 Å². The molecule has 0 amide bonds. The molecule has 132 valence electrons. The summed E-state index contributed by atoms with van der Waals surface area (Å²) < 4.78 is 4.83. The Morgan fingerprint density at radius 3 is 2.00 bits per heavy atom. The molecule has 0 unspecified atom stereocenters. The van der Waals surface area contributed by atoms with E-state index < -0.39 is 0 Å². The Labute approximate surface area is 143 Å². The Balaban J connectivity index is 3.26. The summed E-state index contributed by atoms with van der Waals surface area (Å²) in [5, 5.41) is 0. The molecular formula is C21H36O2. The van der Waals surface area contributed by atoms with Crippen molar-refractivity contribution in [3.8, 4) is 0 Å². The summed E-state index contributed by atoms with van der Waals surface area (Å²) in [5.41, 5.74) is 0. The van der Waals surface area contributed by atoms with Crippen molar-refractivity contribution < 1.29 is 9.53 Å². The quantitative estimate of drug-likeness (QED) is 0.106. The van der Waals surface area contributed by atoms with Crippen molar-refractivity contribution in [1.82, 2.24) is 0 Å². The number of ether oxygens (including phenoxy) is 1. The van der Waals surface area contributed by atoms with Gasteiger partial charge < -0.3 is 4.74 Å². The number of rotatable bonds is 16. The lowest BCUT2D eigenvalue weighted by molar-refractivity contribution is -0.136. The minimum Gasteiger partial charge on any atom is -0.458 e. The zero-order valence-corrected chi connectivity index (χ0v) is 15.1. The van der Waals surface area contributed by atoms with E-state index in [0.29, 0.717) is 0 Å². The second-order valence-corrected chi connectivity index (χ2v) is 6.03. The summed E-state index contributed by atoms with van der Waals surface area (Å²) in [7, 11) is 0. The zero-order valence-electron chi connectivity index (χ0n) is 15.1. The van der Waals surface area contributed by atoms with Crippen LogP contribution in [0, 0.1) is 0 Å². The van der Waals surface area contributed by atoms with Crippen LogP contribution in [-0.2, 0) is 9.53 Å². The molecule has 0 aliphatic carbocycles. The molecule has 23 heavy (non-hydrogen) atoms. The van der Waals surface area contributed by atoms with Gasteiger partial charge in [0.15, 0.2) is 0 Å². The first-order chi connectivity index (χ1) is 11.3. The first-order valence-electron chi connectivity index (χ1n) is 9.42. The van der Waals surface area contributed by atoms with E-state index in [1.54, 1.807) is 12.2 Å². The number of hydrogen-bond acceptors (Lipinski definition) is 2. The van der Waals surface area contributed by atoms with Gasteiger partial charge >= 0.3 is 5.97 Å². The number of hydrogen-bond donors (Lipinski definition) is 0. The van der Waals surface area contributed by atoms with Crippen molar-refractivity contribution in [2.75, 3.05) is 6.61 Å². The first kappa shape index (κ1) is 21.7. The van der Waals surface area contributed by atoms with Crippen molar-refractivity contribution >= 4 is 5.97 Å². The lowest BCUT2D eigenvalue weighted by Gasteiger charge is -2.01. The van der Waals surface area contributed by atoms with Crippen molar-refractivity contribution in [3.05, 3.63) is 37.0 Å². The molecule has 0 N–H and O–H groups in total. The smallest absolute Gasteiger partial charge is 0.331 e. The Morgan fingerprint density at radius 2 is 1.43 bits per heavy atom. The standard InChI is InChI=1S/C21H36O2/c1-3-5-6-7-8-9-10-11-12-13-14-15-16-17-18-19-21(22)23-20-4-2/h4,16-19H,2-3,5-15,20H2,1H3/b17-16+,19-18+. The van der Waals surface area contributed by atoms with Gasteiger partial charge in [-0.05, 0) is 12.8 Å². The highest BCUT2D eigenvalue weighted by molar-refractivity contribution is 5.82. The van der Waals surface area contributed by atoms with Crippen LogP contribution in [0.3, 0.4) is 0 Å². The topological polar surface area (TPSA) is 26.3 Å². The van der Waals surface area contributed by atoms with Crippen LogP contribution in [-0.4, -0.2) is 12.6 Å². The van der Waals surface area contributed by atoms with E-state index in [9.17, 15) is 4.79 Å². The van der Waals surface area contributed by atoms with Gasteiger partial charge in [-0.3, -0.25) is 0 Å². The van der Waals surface area contributed by atoms with Gasteiger partial charge in [0.25, 0.3) is 0 Å². The fraction of sp³-hybridized carbons (Fsp3) is 0.667. The molecule has 0 aromatic rings. The SMILES string of the molecule is C=CCOC(=O)/C=C/C=C/CCCCCCCCCCCCC. The number of unbranched alkanes of at least 4 members (excludes halogenated alkanes) is 11. The Morgan fingerprint density at radius 1 is 0.870 bits per heavy atom. The lowest BCUT2D eigenvalue weighted by atomic mass is 10.1. The van der Waals surface area contributed by atoms with Crippen molar-refractivity contribution in [1.29, 1.82) is 0 Å². The third-order valence-corrected chi connectivity index (χ3v) is 3.80. The molecule has 0 atom stereocenters. The fourth-order valence-electron chi connectivity index (χ4n) is 2.42. The number of allylic oxidation sites excluding steroid dienone is 3. The average Bonchev–Trinajstić information content (AvgIpc) is 2.56. The van der Waals surface area contributed by atoms with Gasteiger partial charge in [-0.1, -0.05) is 102 Å². The lowest BCUT2D eigenvalue weighted by Crippen LogP contribution is -1.99. The maximum absolute atomic E-state index is 11.1. The van der Waals surface area contributed by atoms with Gasteiger partial charge in [-0.25, -0.2) is 4.79 Å². The van der Waals surface area contributed by atoms with Crippen LogP contribution in [0.1, 0.15) is 84.0 Å². The highest BCUT2D eigenvalue weighted by Crippen LogP contribution is 2.11. The van der Waals surface area contributed by atoms with Gasteiger partial charge in [0.05, 0.1) is 0 Å². The molecule has 0 aromatic carbocycles. The molecule has 2 nitrogen and oxygen atoms in total. The number of esters is 1. The minimum atomic E-state index is -0.316. The molecule has 0 aromatic heterocycles. The number of carbonyl (C=O) groups excluding carboxylic acids is 1. The largest absolute Gasteiger partial charge is 0.458 e. The van der Waals surface area contributed by atoms with Crippen LogP contribution in [0.2, 0.25) is 0 Å². The van der Waals surface area contributed by atoms with Gasteiger partial charge in [0.1, 0.15) is 6.61 Å². The molecule has 0 radical (unpaired) electrons. The Hall–Kier alpha value is -1.31. The maximum atomic E-state index is 11.1. The van der Waals surface area contributed by atoms with E-state index in [4.69, 9.17) is 4.74 Å². The molecule has 0 aliphatic heterocycles. The fourth-order valence-corrected chi connectivity index (χ4v) is 2.42. The summed E-state index contributed by atoms with van der Waals surface area (Å²) in [6.45, 7) is 6.03. The summed E-state index contributed by atoms with van der Waals surface area (Å²) in [4.78, 5) is 11.1. The van der Waals surface area contributed by atoms with E-state index in [-0.39, 0.29) is 12.6 Å². The van der Waals surface area contributed by atoms with Crippen LogP contribution in [0.5, 0.6) is 0 Å². The predicted molar refractivity (Wildman–Crippen MR) is 101 cm³/mol. The van der Waals surface area contributed by atoms with Crippen LogP contribution >= 0.6 is 0 Å². The van der Waals surface area contributed by atoms with Crippen LogP contribution < -0.4 is 0 Å². The van der Waals surface area contributed by atoms with Crippen LogP contribution in [0.4, 0.5) is 0 Å². The second kappa shape index (κ2) is 18.7. The van der Waals surface area contributed by atoms with E-state index in [1.165, 1.54) is 76.7 Å². The summed E-state index contributed by atoms with van der Waals surface area (Å²) in [5.74, 6) is -0.316. The maximum Gasteiger partial charge on any atom is 0.331 e. The van der Waals surface area contributed by atoms with Gasteiger partial charge in [0, 0.05) is 6.08 Å². The molecule has 0 rings (SSSR count). The van der Waals surface area contributed by atoms with Gasteiger partial charge in [-0.2, -0.15) is 0 Å². The van der Waals surface area contributed by atoms with Gasteiger partial charge in [0.2, 0.25) is 0 Å². The van der Waals surface area contributed by atoms with Gasteiger partial charge in [-0.15, -0.1) is 0 Å². The normalized spacial score (nSPS) is 11.3. The molecular weight excluding hydrogens is 284 g/mol. The van der Waals surface area contributed by atoms with E-state index in [1.807, 2.05) is 6.08 Å². The van der Waals surface area contributed by atoms with E-state index in [0.717, 1.165) is 6.42 Å². The van der Waals surface area contributed by atoms with Crippen LogP contribution in [0.25, 0.3) is 0 Å². The Bertz CT molecular complexity index is 329. The molecule has 0 fully saturated rings. The molecule has 0 spiro atoms.